The SMILES string of the molecule is CC.Cc1ccc(CCCN2CCCCC2)cc1. The van der Waals surface area contributed by atoms with Gasteiger partial charge in [0, 0.05) is 0 Å². The Morgan fingerprint density at radius 1 is 0.944 bits per heavy atom. The Kier molecular flexibility index (Phi) is 7.75. The summed E-state index contributed by atoms with van der Waals surface area (Å²) in [6.07, 6.45) is 6.80. The Morgan fingerprint density at radius 2 is 1.56 bits per heavy atom. The second-order valence-electron chi connectivity index (χ2n) is 4.99. The minimum absolute atomic E-state index is 1.23. The molecule has 2 rings (SSSR count). The summed E-state index contributed by atoms with van der Waals surface area (Å²) in [5.74, 6) is 0. The Morgan fingerprint density at radius 3 is 2.17 bits per heavy atom. The number of nitrogens with zero attached hydrogens (tertiary/aromatic N) is 1. The van der Waals surface area contributed by atoms with E-state index in [9.17, 15) is 0 Å². The van der Waals surface area contributed by atoms with Crippen LogP contribution in [0.15, 0.2) is 24.3 Å². The van der Waals surface area contributed by atoms with E-state index in [4.69, 9.17) is 0 Å². The van der Waals surface area contributed by atoms with Crippen molar-refractivity contribution in [2.75, 3.05) is 19.6 Å². The van der Waals surface area contributed by atoms with E-state index in [2.05, 4.69) is 36.1 Å². The minimum atomic E-state index is 1.23. The smallest absolute Gasteiger partial charge is 0.00156 e. The highest BCUT2D eigenvalue weighted by atomic mass is 15.1. The van der Waals surface area contributed by atoms with Gasteiger partial charge in [0.1, 0.15) is 0 Å². The maximum atomic E-state index is 2.62. The molecule has 1 aliphatic heterocycles. The Bertz CT molecular complexity index is 296. The first-order valence-electron chi connectivity index (χ1n) is 7.62. The Labute approximate surface area is 113 Å². The summed E-state index contributed by atoms with van der Waals surface area (Å²) in [5, 5.41) is 0. The lowest BCUT2D eigenvalue weighted by Gasteiger charge is -2.26. The molecule has 102 valence electrons. The van der Waals surface area contributed by atoms with Gasteiger partial charge in [-0.1, -0.05) is 50.1 Å². The van der Waals surface area contributed by atoms with Crippen LogP contribution in [0.4, 0.5) is 0 Å². The van der Waals surface area contributed by atoms with Gasteiger partial charge in [-0.15, -0.1) is 0 Å². The van der Waals surface area contributed by atoms with E-state index < -0.39 is 0 Å². The summed E-state index contributed by atoms with van der Waals surface area (Å²) in [4.78, 5) is 2.62. The van der Waals surface area contributed by atoms with Gasteiger partial charge in [0.25, 0.3) is 0 Å². The van der Waals surface area contributed by atoms with Gasteiger partial charge in [-0.2, -0.15) is 0 Å². The monoisotopic (exact) mass is 247 g/mol. The highest BCUT2D eigenvalue weighted by Crippen LogP contribution is 2.11. The Balaban J connectivity index is 0.000000771. The molecule has 1 fully saturated rings. The van der Waals surface area contributed by atoms with Crippen LogP contribution in [0, 0.1) is 6.92 Å². The molecule has 1 aliphatic rings. The highest BCUT2D eigenvalue weighted by molar-refractivity contribution is 5.21. The van der Waals surface area contributed by atoms with Gasteiger partial charge in [-0.3, -0.25) is 0 Å². The molecule has 1 aromatic carbocycles. The fourth-order valence-corrected chi connectivity index (χ4v) is 2.44. The zero-order valence-electron chi connectivity index (χ0n) is 12.4. The number of aryl methyl sites for hydroxylation is 2. The van der Waals surface area contributed by atoms with E-state index in [1.54, 1.807) is 0 Å². The quantitative estimate of drug-likeness (QED) is 0.760. The van der Waals surface area contributed by atoms with Crippen molar-refractivity contribution in [3.63, 3.8) is 0 Å². The molecule has 1 heterocycles. The maximum Gasteiger partial charge on any atom is -0.00156 e. The van der Waals surface area contributed by atoms with Gasteiger partial charge in [0.2, 0.25) is 0 Å². The van der Waals surface area contributed by atoms with Gasteiger partial charge in [-0.25, -0.2) is 0 Å². The summed E-state index contributed by atoms with van der Waals surface area (Å²) in [7, 11) is 0. The topological polar surface area (TPSA) is 3.24 Å². The van der Waals surface area contributed by atoms with Gasteiger partial charge in [-0.05, 0) is 57.8 Å². The van der Waals surface area contributed by atoms with Crippen LogP contribution in [-0.4, -0.2) is 24.5 Å². The molecule has 18 heavy (non-hydrogen) atoms. The molecular formula is C17H29N. The van der Waals surface area contributed by atoms with E-state index in [-0.39, 0.29) is 0 Å². The molecule has 0 saturated carbocycles. The first-order chi connectivity index (χ1) is 8.84. The van der Waals surface area contributed by atoms with Crippen molar-refractivity contribution in [2.45, 2.75) is 52.9 Å². The zero-order valence-corrected chi connectivity index (χ0v) is 12.4. The molecule has 0 radical (unpaired) electrons. The fraction of sp³-hybridized carbons (Fsp3) is 0.647. The number of hydrogen-bond donors (Lipinski definition) is 0. The zero-order chi connectivity index (χ0) is 13.2. The standard InChI is InChI=1S/C15H23N.C2H6/c1-14-7-9-15(10-8-14)6-5-13-16-11-3-2-4-12-16;1-2/h7-10H,2-6,11-13H2,1H3;1-2H3. The first kappa shape index (κ1) is 15.2. The van der Waals surface area contributed by atoms with Crippen molar-refractivity contribution >= 4 is 0 Å². The lowest BCUT2D eigenvalue weighted by molar-refractivity contribution is 0.226. The first-order valence-corrected chi connectivity index (χ1v) is 7.62. The molecule has 0 spiro atoms. The van der Waals surface area contributed by atoms with Crippen LogP contribution >= 0.6 is 0 Å². The summed E-state index contributed by atoms with van der Waals surface area (Å²) in [6, 6.07) is 8.98. The van der Waals surface area contributed by atoms with Crippen molar-refractivity contribution in [2.24, 2.45) is 0 Å². The number of likely N-dealkylation sites (tertiary alicyclic amines) is 1. The summed E-state index contributed by atoms with van der Waals surface area (Å²) in [5.41, 5.74) is 2.85. The lowest BCUT2D eigenvalue weighted by Crippen LogP contribution is -2.30. The van der Waals surface area contributed by atoms with Crippen molar-refractivity contribution in [3.8, 4) is 0 Å². The summed E-state index contributed by atoms with van der Waals surface area (Å²) >= 11 is 0. The molecule has 1 heteroatoms. The molecule has 0 aliphatic carbocycles. The van der Waals surface area contributed by atoms with Crippen molar-refractivity contribution in [1.82, 2.24) is 4.90 Å². The number of rotatable bonds is 4. The van der Waals surface area contributed by atoms with Crippen molar-refractivity contribution in [1.29, 1.82) is 0 Å². The summed E-state index contributed by atoms with van der Waals surface area (Å²) < 4.78 is 0. The predicted octanol–water partition coefficient (Wildman–Crippen LogP) is 4.44. The average Bonchev–Trinajstić information content (AvgIpc) is 2.44. The lowest BCUT2D eigenvalue weighted by atomic mass is 10.1. The van der Waals surface area contributed by atoms with E-state index in [0.29, 0.717) is 0 Å². The van der Waals surface area contributed by atoms with Gasteiger partial charge < -0.3 is 4.90 Å². The van der Waals surface area contributed by atoms with Crippen molar-refractivity contribution in [3.05, 3.63) is 35.4 Å². The highest BCUT2D eigenvalue weighted by Gasteiger charge is 2.08. The molecule has 1 nitrogen and oxygen atoms in total. The van der Waals surface area contributed by atoms with Crippen LogP contribution in [0.1, 0.15) is 50.7 Å². The van der Waals surface area contributed by atoms with Crippen LogP contribution in [-0.2, 0) is 6.42 Å². The van der Waals surface area contributed by atoms with E-state index in [1.807, 2.05) is 13.8 Å². The minimum Gasteiger partial charge on any atom is -0.303 e. The molecule has 0 aromatic heterocycles. The van der Waals surface area contributed by atoms with Gasteiger partial charge in [0.05, 0.1) is 0 Å². The maximum absolute atomic E-state index is 2.62. The number of piperidine rings is 1. The molecule has 0 amide bonds. The van der Waals surface area contributed by atoms with Crippen LogP contribution in [0.3, 0.4) is 0 Å². The predicted molar refractivity (Wildman–Crippen MR) is 81.1 cm³/mol. The average molecular weight is 247 g/mol. The molecule has 0 bridgehead atoms. The molecule has 0 atom stereocenters. The summed E-state index contributed by atoms with van der Waals surface area (Å²) in [6.45, 7) is 10.1. The molecule has 1 saturated heterocycles. The van der Waals surface area contributed by atoms with Crippen LogP contribution in [0.5, 0.6) is 0 Å². The number of benzene rings is 1. The van der Waals surface area contributed by atoms with Crippen molar-refractivity contribution < 1.29 is 0 Å². The normalized spacial score (nSPS) is 15.9. The van der Waals surface area contributed by atoms with E-state index in [1.165, 1.54) is 62.9 Å². The largest absolute Gasteiger partial charge is 0.303 e. The van der Waals surface area contributed by atoms with Crippen LogP contribution in [0.2, 0.25) is 0 Å². The van der Waals surface area contributed by atoms with E-state index >= 15 is 0 Å². The second kappa shape index (κ2) is 9.16. The fourth-order valence-electron chi connectivity index (χ4n) is 2.44. The Hall–Kier alpha value is -0.820. The third kappa shape index (κ3) is 5.68. The van der Waals surface area contributed by atoms with E-state index in [0.717, 1.165) is 0 Å². The van der Waals surface area contributed by atoms with Crippen LogP contribution in [0.25, 0.3) is 0 Å². The van der Waals surface area contributed by atoms with Gasteiger partial charge >= 0.3 is 0 Å². The molecule has 0 N–H and O–H groups in total. The van der Waals surface area contributed by atoms with Crippen LogP contribution < -0.4 is 0 Å². The third-order valence-electron chi connectivity index (χ3n) is 3.51. The number of hydrogen-bond acceptors (Lipinski definition) is 1. The molecular weight excluding hydrogens is 218 g/mol. The molecule has 1 aromatic rings. The molecule has 0 unspecified atom stereocenters. The van der Waals surface area contributed by atoms with Gasteiger partial charge in [0.15, 0.2) is 0 Å². The second-order valence-corrected chi connectivity index (χ2v) is 4.99. The third-order valence-corrected chi connectivity index (χ3v) is 3.51.